The van der Waals surface area contributed by atoms with Crippen molar-refractivity contribution in [3.63, 3.8) is 0 Å². The maximum absolute atomic E-state index is 13.4. The van der Waals surface area contributed by atoms with E-state index in [2.05, 4.69) is 14.7 Å². The lowest BCUT2D eigenvalue weighted by atomic mass is 10.1. The number of rotatable bonds is 4. The Kier molecular flexibility index (Phi) is 4.53. The first-order valence-electron chi connectivity index (χ1n) is 7.30. The molecule has 1 atom stereocenters. The van der Waals surface area contributed by atoms with E-state index in [-0.39, 0.29) is 17.3 Å². The Hall–Kier alpha value is -3.53. The molecule has 1 aromatic heterocycles. The van der Waals surface area contributed by atoms with Gasteiger partial charge in [0.1, 0.15) is 17.3 Å². The standard InChI is InChI=1S/C18H12FN3O3/c1-24-18(23)13(10-20)16-17(25-12-6-4-5-11(19)9-12)22-15-8-3-2-7-14(15)21-16/h2-9,13H,1H3. The second kappa shape index (κ2) is 6.93. The van der Waals surface area contributed by atoms with Gasteiger partial charge in [0.25, 0.3) is 0 Å². The number of nitrogens with zero attached hydrogens (tertiary/aromatic N) is 3. The maximum atomic E-state index is 13.4. The molecule has 0 saturated carbocycles. The number of hydrogen-bond acceptors (Lipinski definition) is 6. The summed E-state index contributed by atoms with van der Waals surface area (Å²) in [7, 11) is 1.17. The molecule has 0 aliphatic heterocycles. The normalized spacial score (nSPS) is 11.6. The molecule has 0 bridgehead atoms. The van der Waals surface area contributed by atoms with Crippen LogP contribution < -0.4 is 4.74 Å². The van der Waals surface area contributed by atoms with Gasteiger partial charge in [-0.05, 0) is 24.3 Å². The van der Waals surface area contributed by atoms with Gasteiger partial charge in [0.2, 0.25) is 5.88 Å². The van der Waals surface area contributed by atoms with Gasteiger partial charge in [0.15, 0.2) is 5.92 Å². The zero-order valence-corrected chi connectivity index (χ0v) is 13.1. The van der Waals surface area contributed by atoms with Crippen LogP contribution in [0.3, 0.4) is 0 Å². The molecule has 0 amide bonds. The van der Waals surface area contributed by atoms with Crippen LogP contribution in [0.2, 0.25) is 0 Å². The second-order valence-electron chi connectivity index (χ2n) is 5.05. The molecule has 25 heavy (non-hydrogen) atoms. The number of ether oxygens (including phenoxy) is 2. The fraction of sp³-hybridized carbons (Fsp3) is 0.111. The van der Waals surface area contributed by atoms with Crippen molar-refractivity contribution in [3.05, 3.63) is 60.0 Å². The van der Waals surface area contributed by atoms with Gasteiger partial charge < -0.3 is 9.47 Å². The van der Waals surface area contributed by atoms with E-state index in [1.165, 1.54) is 31.4 Å². The highest BCUT2D eigenvalue weighted by molar-refractivity contribution is 5.83. The molecule has 3 rings (SSSR count). The molecule has 1 heterocycles. The first kappa shape index (κ1) is 16.3. The van der Waals surface area contributed by atoms with Gasteiger partial charge >= 0.3 is 5.97 Å². The quantitative estimate of drug-likeness (QED) is 0.679. The van der Waals surface area contributed by atoms with Crippen LogP contribution in [-0.2, 0) is 9.53 Å². The van der Waals surface area contributed by atoms with Crippen LogP contribution >= 0.6 is 0 Å². The zero-order chi connectivity index (χ0) is 17.8. The second-order valence-corrected chi connectivity index (χ2v) is 5.05. The lowest BCUT2D eigenvalue weighted by molar-refractivity contribution is -0.141. The number of esters is 1. The van der Waals surface area contributed by atoms with Crippen LogP contribution in [0.1, 0.15) is 11.6 Å². The maximum Gasteiger partial charge on any atom is 0.329 e. The first-order chi connectivity index (χ1) is 12.1. The number of fused-ring (bicyclic) bond motifs is 1. The summed E-state index contributed by atoms with van der Waals surface area (Å²) in [4.78, 5) is 20.6. The minimum Gasteiger partial charge on any atom is -0.468 e. The highest BCUT2D eigenvalue weighted by atomic mass is 19.1. The number of methoxy groups -OCH3 is 1. The SMILES string of the molecule is COC(=O)C(C#N)c1nc2ccccc2nc1Oc1cccc(F)c1. The van der Waals surface area contributed by atoms with Crippen LogP contribution in [0.25, 0.3) is 11.0 Å². The fourth-order valence-corrected chi connectivity index (χ4v) is 2.25. The highest BCUT2D eigenvalue weighted by Gasteiger charge is 2.28. The molecular weight excluding hydrogens is 325 g/mol. The summed E-state index contributed by atoms with van der Waals surface area (Å²) < 4.78 is 23.6. The van der Waals surface area contributed by atoms with Crippen molar-refractivity contribution in [3.8, 4) is 17.7 Å². The molecule has 0 saturated heterocycles. The Balaban J connectivity index is 2.15. The van der Waals surface area contributed by atoms with E-state index >= 15 is 0 Å². The molecule has 0 radical (unpaired) electrons. The summed E-state index contributed by atoms with van der Waals surface area (Å²) >= 11 is 0. The Bertz CT molecular complexity index is 985. The summed E-state index contributed by atoms with van der Waals surface area (Å²) in [5.41, 5.74) is 1.02. The van der Waals surface area contributed by atoms with Crippen LogP contribution in [0.15, 0.2) is 48.5 Å². The van der Waals surface area contributed by atoms with Crippen molar-refractivity contribution in [1.82, 2.24) is 9.97 Å². The zero-order valence-electron chi connectivity index (χ0n) is 13.1. The molecule has 0 fully saturated rings. The average molecular weight is 337 g/mol. The van der Waals surface area contributed by atoms with Crippen molar-refractivity contribution >= 4 is 17.0 Å². The number of carbonyl (C=O) groups is 1. The van der Waals surface area contributed by atoms with E-state index in [0.717, 1.165) is 0 Å². The molecule has 1 unspecified atom stereocenters. The summed E-state index contributed by atoms with van der Waals surface area (Å²) in [6.07, 6.45) is 0. The van der Waals surface area contributed by atoms with Crippen LogP contribution in [0, 0.1) is 17.1 Å². The molecule has 6 nitrogen and oxygen atoms in total. The van der Waals surface area contributed by atoms with Crippen molar-refractivity contribution in [2.45, 2.75) is 5.92 Å². The number of nitriles is 1. The van der Waals surface area contributed by atoms with E-state index in [1.54, 1.807) is 24.3 Å². The van der Waals surface area contributed by atoms with Crippen molar-refractivity contribution in [2.24, 2.45) is 0 Å². The summed E-state index contributed by atoms with van der Waals surface area (Å²) in [5, 5.41) is 9.35. The van der Waals surface area contributed by atoms with E-state index in [0.29, 0.717) is 11.0 Å². The van der Waals surface area contributed by atoms with Gasteiger partial charge in [-0.15, -0.1) is 0 Å². The van der Waals surface area contributed by atoms with E-state index in [4.69, 9.17) is 4.74 Å². The first-order valence-corrected chi connectivity index (χ1v) is 7.30. The lowest BCUT2D eigenvalue weighted by Gasteiger charge is -2.13. The molecule has 0 aliphatic rings. The van der Waals surface area contributed by atoms with Crippen LogP contribution in [0.5, 0.6) is 11.6 Å². The number of para-hydroxylation sites is 2. The third-order valence-corrected chi connectivity index (χ3v) is 3.41. The summed E-state index contributed by atoms with van der Waals surface area (Å²) in [6.45, 7) is 0. The minimum absolute atomic E-state index is 0.0114. The minimum atomic E-state index is -1.31. The highest BCUT2D eigenvalue weighted by Crippen LogP contribution is 2.30. The predicted octanol–water partition coefficient (Wildman–Crippen LogP) is 3.34. The van der Waals surface area contributed by atoms with Gasteiger partial charge in [-0.1, -0.05) is 18.2 Å². The van der Waals surface area contributed by atoms with Crippen LogP contribution in [-0.4, -0.2) is 23.0 Å². The lowest BCUT2D eigenvalue weighted by Crippen LogP contribution is -2.15. The van der Waals surface area contributed by atoms with Gasteiger partial charge in [0.05, 0.1) is 24.2 Å². The number of benzene rings is 2. The Labute approximate surface area is 142 Å². The fourth-order valence-electron chi connectivity index (χ4n) is 2.25. The largest absolute Gasteiger partial charge is 0.468 e. The molecule has 0 spiro atoms. The predicted molar refractivity (Wildman–Crippen MR) is 86.4 cm³/mol. The van der Waals surface area contributed by atoms with E-state index in [1.807, 2.05) is 6.07 Å². The Morgan fingerprint density at radius 1 is 1.16 bits per heavy atom. The molecule has 2 aromatic carbocycles. The average Bonchev–Trinajstić information content (AvgIpc) is 2.62. The van der Waals surface area contributed by atoms with Gasteiger partial charge in [-0.25, -0.2) is 14.4 Å². The van der Waals surface area contributed by atoms with Gasteiger partial charge in [-0.3, -0.25) is 4.79 Å². The van der Waals surface area contributed by atoms with Crippen molar-refractivity contribution < 1.29 is 18.7 Å². The monoisotopic (exact) mass is 337 g/mol. The summed E-state index contributed by atoms with van der Waals surface area (Å²) in [5.74, 6) is -2.46. The number of carbonyl (C=O) groups excluding carboxylic acids is 1. The van der Waals surface area contributed by atoms with E-state index in [9.17, 15) is 14.4 Å². The number of aromatic nitrogens is 2. The summed E-state index contributed by atoms with van der Waals surface area (Å²) in [6, 6.07) is 14.2. The molecule has 124 valence electrons. The molecule has 7 heteroatoms. The third-order valence-electron chi connectivity index (χ3n) is 3.41. The Morgan fingerprint density at radius 3 is 2.52 bits per heavy atom. The van der Waals surface area contributed by atoms with E-state index < -0.39 is 17.7 Å². The van der Waals surface area contributed by atoms with Crippen molar-refractivity contribution in [1.29, 1.82) is 5.26 Å². The molecular formula is C18H12FN3O3. The smallest absolute Gasteiger partial charge is 0.329 e. The van der Waals surface area contributed by atoms with Crippen LogP contribution in [0.4, 0.5) is 4.39 Å². The topological polar surface area (TPSA) is 85.1 Å². The third kappa shape index (κ3) is 3.38. The van der Waals surface area contributed by atoms with Crippen molar-refractivity contribution in [2.75, 3.05) is 7.11 Å². The van der Waals surface area contributed by atoms with Gasteiger partial charge in [0, 0.05) is 6.07 Å². The molecule has 3 aromatic rings. The number of hydrogen-bond donors (Lipinski definition) is 0. The van der Waals surface area contributed by atoms with Gasteiger partial charge in [-0.2, -0.15) is 5.26 Å². The number of halogens is 1. The Morgan fingerprint density at radius 2 is 1.88 bits per heavy atom. The molecule has 0 N–H and O–H groups in total. The molecule has 0 aliphatic carbocycles.